The number of aryl methyl sites for hydroxylation is 1. The second kappa shape index (κ2) is 4.82. The summed E-state index contributed by atoms with van der Waals surface area (Å²) in [7, 11) is 1.65. The molecule has 0 aliphatic heterocycles. The van der Waals surface area contributed by atoms with Gasteiger partial charge in [-0.25, -0.2) is 4.79 Å². The van der Waals surface area contributed by atoms with Gasteiger partial charge in [0.25, 0.3) is 0 Å². The van der Waals surface area contributed by atoms with Gasteiger partial charge in [-0.05, 0) is 19.9 Å². The van der Waals surface area contributed by atoms with Gasteiger partial charge < -0.3 is 9.67 Å². The molecule has 0 radical (unpaired) electrons. The molecule has 0 aromatic carbocycles. The quantitative estimate of drug-likeness (QED) is 0.603. The van der Waals surface area contributed by atoms with Crippen LogP contribution in [-0.4, -0.2) is 33.9 Å². The van der Waals surface area contributed by atoms with Crippen molar-refractivity contribution in [3.8, 4) is 0 Å². The molecule has 0 bridgehead atoms. The monoisotopic (exact) mass is 238 g/mol. The summed E-state index contributed by atoms with van der Waals surface area (Å²) in [6.45, 7) is 2.81. The maximum Gasteiger partial charge on any atom is 0.326 e. The van der Waals surface area contributed by atoms with Crippen molar-refractivity contribution in [1.82, 2.24) is 4.57 Å². The number of carbonyl (C=O) groups excluding carboxylic acids is 2. The smallest absolute Gasteiger partial charge is 0.326 e. The van der Waals surface area contributed by atoms with Crippen LogP contribution in [0.25, 0.3) is 0 Å². The Morgan fingerprint density at radius 1 is 1.53 bits per heavy atom. The Balaban J connectivity index is 3.16. The van der Waals surface area contributed by atoms with Gasteiger partial charge >= 0.3 is 5.97 Å². The number of amides is 1. The molecule has 0 spiro atoms. The first-order chi connectivity index (χ1) is 7.88. The van der Waals surface area contributed by atoms with E-state index in [9.17, 15) is 14.4 Å². The Kier molecular flexibility index (Phi) is 3.67. The third-order valence-electron chi connectivity index (χ3n) is 2.54. The largest absolute Gasteiger partial charge is 0.480 e. The summed E-state index contributed by atoms with van der Waals surface area (Å²) in [5, 5.41) is 8.87. The molecule has 0 aliphatic carbocycles. The van der Waals surface area contributed by atoms with Crippen molar-refractivity contribution in [2.75, 3.05) is 4.90 Å². The van der Waals surface area contributed by atoms with Crippen LogP contribution in [0.2, 0.25) is 0 Å². The van der Waals surface area contributed by atoms with Gasteiger partial charge in [0, 0.05) is 18.8 Å². The lowest BCUT2D eigenvalue weighted by atomic mass is 10.2. The zero-order valence-electron chi connectivity index (χ0n) is 9.88. The summed E-state index contributed by atoms with van der Waals surface area (Å²) in [5.41, 5.74) is 0.437. The molecule has 1 rings (SSSR count). The third kappa shape index (κ3) is 2.52. The molecule has 6 heteroatoms. The SMILES string of the molecule is CC(=O)c1cc(N(C=O)C(C)C(=O)O)n(C)c1. The molecule has 92 valence electrons. The minimum Gasteiger partial charge on any atom is -0.480 e. The first kappa shape index (κ1) is 13.0. The van der Waals surface area contributed by atoms with Gasteiger partial charge in [0.2, 0.25) is 6.41 Å². The minimum absolute atomic E-state index is 0.138. The Morgan fingerprint density at radius 2 is 2.12 bits per heavy atom. The number of anilines is 1. The number of aromatic nitrogens is 1. The highest BCUT2D eigenvalue weighted by atomic mass is 16.4. The maximum absolute atomic E-state index is 11.2. The standard InChI is InChI=1S/C11H14N2O4/c1-7(11(16)17)13(6-14)10-4-9(8(2)15)5-12(10)3/h4-7H,1-3H3,(H,16,17). The number of hydrogen-bond donors (Lipinski definition) is 1. The van der Waals surface area contributed by atoms with Crippen molar-refractivity contribution < 1.29 is 19.5 Å². The van der Waals surface area contributed by atoms with E-state index in [-0.39, 0.29) is 5.78 Å². The number of carboxylic acids is 1. The Bertz CT molecular complexity index is 464. The van der Waals surface area contributed by atoms with Crippen molar-refractivity contribution in [3.63, 3.8) is 0 Å². The zero-order valence-corrected chi connectivity index (χ0v) is 9.88. The maximum atomic E-state index is 11.2. The number of aliphatic carboxylic acids is 1. The fourth-order valence-electron chi connectivity index (χ4n) is 1.46. The molecule has 6 nitrogen and oxygen atoms in total. The van der Waals surface area contributed by atoms with Gasteiger partial charge in [0.1, 0.15) is 11.9 Å². The number of rotatable bonds is 5. The van der Waals surface area contributed by atoms with Crippen molar-refractivity contribution in [2.24, 2.45) is 7.05 Å². The van der Waals surface area contributed by atoms with Gasteiger partial charge in [-0.3, -0.25) is 14.5 Å². The van der Waals surface area contributed by atoms with E-state index >= 15 is 0 Å². The van der Waals surface area contributed by atoms with E-state index in [1.54, 1.807) is 17.8 Å². The number of carboxylic acid groups (broad SMARTS) is 1. The van der Waals surface area contributed by atoms with Crippen molar-refractivity contribution in [1.29, 1.82) is 0 Å². The molecular weight excluding hydrogens is 224 g/mol. The molecule has 0 fully saturated rings. The first-order valence-electron chi connectivity index (χ1n) is 5.02. The van der Waals surface area contributed by atoms with Crippen molar-refractivity contribution in [2.45, 2.75) is 19.9 Å². The summed E-state index contributed by atoms with van der Waals surface area (Å²) in [4.78, 5) is 34.0. The van der Waals surface area contributed by atoms with E-state index in [2.05, 4.69) is 0 Å². The number of carbonyl (C=O) groups is 3. The molecular formula is C11H14N2O4. The topological polar surface area (TPSA) is 79.6 Å². The van der Waals surface area contributed by atoms with Crippen LogP contribution in [0.5, 0.6) is 0 Å². The highest BCUT2D eigenvalue weighted by Gasteiger charge is 2.23. The lowest BCUT2D eigenvalue weighted by Crippen LogP contribution is -2.38. The second-order valence-corrected chi connectivity index (χ2v) is 3.78. The van der Waals surface area contributed by atoms with E-state index in [0.717, 1.165) is 4.90 Å². The van der Waals surface area contributed by atoms with Gasteiger partial charge in [-0.15, -0.1) is 0 Å². The molecule has 17 heavy (non-hydrogen) atoms. The van der Waals surface area contributed by atoms with Gasteiger partial charge in [0.15, 0.2) is 5.78 Å². The predicted molar refractivity (Wildman–Crippen MR) is 61.1 cm³/mol. The van der Waals surface area contributed by atoms with Crippen LogP contribution in [0.15, 0.2) is 12.3 Å². The zero-order chi connectivity index (χ0) is 13.2. The Labute approximate surface area is 98.4 Å². The van der Waals surface area contributed by atoms with E-state index in [0.29, 0.717) is 17.8 Å². The summed E-state index contributed by atoms with van der Waals surface area (Å²) >= 11 is 0. The van der Waals surface area contributed by atoms with Crippen molar-refractivity contribution in [3.05, 3.63) is 17.8 Å². The highest BCUT2D eigenvalue weighted by molar-refractivity contribution is 5.96. The molecule has 0 saturated carbocycles. The second-order valence-electron chi connectivity index (χ2n) is 3.78. The van der Waals surface area contributed by atoms with E-state index in [1.165, 1.54) is 19.9 Å². The number of hydrogen-bond acceptors (Lipinski definition) is 3. The summed E-state index contributed by atoms with van der Waals surface area (Å²) < 4.78 is 1.55. The molecule has 1 amide bonds. The molecule has 1 heterocycles. The Hall–Kier alpha value is -2.11. The lowest BCUT2D eigenvalue weighted by Gasteiger charge is -2.21. The number of nitrogens with zero attached hydrogens (tertiary/aromatic N) is 2. The number of ketones is 1. The van der Waals surface area contributed by atoms with Crippen molar-refractivity contribution >= 4 is 24.0 Å². The third-order valence-corrected chi connectivity index (χ3v) is 2.54. The summed E-state index contributed by atoms with van der Waals surface area (Å²) in [5.74, 6) is -0.872. The Morgan fingerprint density at radius 3 is 2.47 bits per heavy atom. The van der Waals surface area contributed by atoms with Crippen LogP contribution in [0.4, 0.5) is 5.82 Å². The van der Waals surface area contributed by atoms with E-state index in [1.807, 2.05) is 0 Å². The summed E-state index contributed by atoms with van der Waals surface area (Å²) in [6, 6.07) is 0.511. The molecule has 1 unspecified atom stereocenters. The first-order valence-corrected chi connectivity index (χ1v) is 5.02. The van der Waals surface area contributed by atoms with Crippen LogP contribution < -0.4 is 4.90 Å². The van der Waals surface area contributed by atoms with Gasteiger partial charge in [-0.2, -0.15) is 0 Å². The van der Waals surface area contributed by atoms with Crippen LogP contribution in [0.1, 0.15) is 24.2 Å². The fraction of sp³-hybridized carbons (Fsp3) is 0.364. The van der Waals surface area contributed by atoms with Crippen LogP contribution in [0.3, 0.4) is 0 Å². The molecule has 0 saturated heterocycles. The molecule has 0 aliphatic rings. The average Bonchev–Trinajstić information content (AvgIpc) is 2.62. The minimum atomic E-state index is -1.11. The normalized spacial score (nSPS) is 11.9. The average molecular weight is 238 g/mol. The van der Waals surface area contributed by atoms with E-state index in [4.69, 9.17) is 5.11 Å². The van der Waals surface area contributed by atoms with E-state index < -0.39 is 12.0 Å². The predicted octanol–water partition coefficient (Wildman–Crippen LogP) is 0.664. The highest BCUT2D eigenvalue weighted by Crippen LogP contribution is 2.19. The van der Waals surface area contributed by atoms with Crippen LogP contribution >= 0.6 is 0 Å². The van der Waals surface area contributed by atoms with Crippen LogP contribution in [0, 0.1) is 0 Å². The van der Waals surface area contributed by atoms with Gasteiger partial charge in [-0.1, -0.05) is 0 Å². The number of Topliss-reactive ketones (excluding diaryl/α,β-unsaturated/α-hetero) is 1. The lowest BCUT2D eigenvalue weighted by molar-refractivity contribution is -0.138. The van der Waals surface area contributed by atoms with Crippen LogP contribution in [-0.2, 0) is 16.6 Å². The summed E-state index contributed by atoms with van der Waals surface area (Å²) in [6.07, 6.45) is 2.00. The molecule has 1 N–H and O–H groups in total. The van der Waals surface area contributed by atoms with Gasteiger partial charge in [0.05, 0.1) is 0 Å². The molecule has 1 aromatic heterocycles. The molecule has 1 atom stereocenters. The fourth-order valence-corrected chi connectivity index (χ4v) is 1.46. The molecule has 1 aromatic rings.